The van der Waals surface area contributed by atoms with Crippen molar-refractivity contribution >= 4 is 10.8 Å². The first-order valence-electron chi connectivity index (χ1n) is 10.4. The Labute approximate surface area is 166 Å². The molecule has 3 nitrogen and oxygen atoms in total. The van der Waals surface area contributed by atoms with Crippen LogP contribution >= 0.6 is 0 Å². The number of rotatable bonds is 3. The lowest BCUT2D eigenvalue weighted by Crippen LogP contribution is -2.49. The molecule has 3 heteroatoms. The van der Waals surface area contributed by atoms with Gasteiger partial charge in [0.25, 0.3) is 0 Å². The zero-order chi connectivity index (χ0) is 19.0. The molecule has 0 bridgehead atoms. The number of piperidine rings is 1. The highest BCUT2D eigenvalue weighted by atomic mass is 16.5. The van der Waals surface area contributed by atoms with Crippen molar-refractivity contribution in [1.82, 2.24) is 5.32 Å². The van der Waals surface area contributed by atoms with E-state index < -0.39 is 0 Å². The van der Waals surface area contributed by atoms with Crippen LogP contribution in [0.2, 0.25) is 0 Å². The van der Waals surface area contributed by atoms with Crippen LogP contribution in [0.5, 0.6) is 11.5 Å². The Balaban J connectivity index is 1.47. The minimum Gasteiger partial charge on any atom is -0.508 e. The maximum absolute atomic E-state index is 10.2. The number of hydrogen-bond acceptors (Lipinski definition) is 3. The highest BCUT2D eigenvalue weighted by Crippen LogP contribution is 2.45. The lowest BCUT2D eigenvalue weighted by atomic mass is 9.68. The van der Waals surface area contributed by atoms with Crippen LogP contribution in [0, 0.1) is 5.41 Å². The van der Waals surface area contributed by atoms with E-state index in [0.717, 1.165) is 56.5 Å². The molecule has 2 N–H and O–H groups in total. The number of hydrogen-bond donors (Lipinski definition) is 2. The highest BCUT2D eigenvalue weighted by Gasteiger charge is 2.43. The summed E-state index contributed by atoms with van der Waals surface area (Å²) in [4.78, 5) is 0. The second kappa shape index (κ2) is 7.14. The van der Waals surface area contributed by atoms with Crippen molar-refractivity contribution in [3.8, 4) is 11.5 Å². The van der Waals surface area contributed by atoms with Crippen LogP contribution in [0.15, 0.2) is 60.7 Å². The third kappa shape index (κ3) is 3.14. The lowest BCUT2D eigenvalue weighted by molar-refractivity contribution is 0.00566. The normalized spacial score (nSPS) is 21.1. The molecule has 1 saturated heterocycles. The Kier molecular flexibility index (Phi) is 4.48. The number of aromatic hydroxyl groups is 1. The molecule has 3 aromatic rings. The summed E-state index contributed by atoms with van der Waals surface area (Å²) in [6, 6.07) is 21.1. The zero-order valence-corrected chi connectivity index (χ0v) is 16.2. The van der Waals surface area contributed by atoms with Gasteiger partial charge in [-0.2, -0.15) is 0 Å². The van der Waals surface area contributed by atoms with Gasteiger partial charge in [-0.05, 0) is 73.7 Å². The second-order valence-electron chi connectivity index (χ2n) is 8.37. The van der Waals surface area contributed by atoms with E-state index in [0.29, 0.717) is 5.75 Å². The van der Waals surface area contributed by atoms with Gasteiger partial charge < -0.3 is 15.2 Å². The smallest absolute Gasteiger partial charge is 0.126 e. The van der Waals surface area contributed by atoms with Crippen LogP contribution in [-0.4, -0.2) is 24.3 Å². The van der Waals surface area contributed by atoms with Crippen molar-refractivity contribution in [2.45, 2.75) is 38.2 Å². The number of phenolic OH excluding ortho intramolecular Hbond substituents is 1. The van der Waals surface area contributed by atoms with Crippen molar-refractivity contribution in [2.75, 3.05) is 13.1 Å². The quantitative estimate of drug-likeness (QED) is 0.689. The van der Waals surface area contributed by atoms with E-state index in [1.165, 1.54) is 16.3 Å². The lowest BCUT2D eigenvalue weighted by Gasteiger charge is -2.45. The summed E-state index contributed by atoms with van der Waals surface area (Å²) >= 11 is 0. The van der Waals surface area contributed by atoms with Gasteiger partial charge in [-0.25, -0.2) is 0 Å². The first-order chi connectivity index (χ1) is 13.7. The van der Waals surface area contributed by atoms with Gasteiger partial charge in [-0.1, -0.05) is 48.5 Å². The average molecular weight is 373 g/mol. The molecule has 0 radical (unpaired) electrons. The molecular weight excluding hydrogens is 346 g/mol. The van der Waals surface area contributed by atoms with Gasteiger partial charge in [0, 0.05) is 11.0 Å². The Bertz CT molecular complexity index is 991. The molecule has 28 heavy (non-hydrogen) atoms. The molecule has 2 aliphatic heterocycles. The third-order valence-corrected chi connectivity index (χ3v) is 6.69. The van der Waals surface area contributed by atoms with Crippen LogP contribution in [0.3, 0.4) is 0 Å². The summed E-state index contributed by atoms with van der Waals surface area (Å²) in [5.74, 6) is 1.23. The fraction of sp³-hybridized carbons (Fsp3) is 0.360. The van der Waals surface area contributed by atoms with E-state index >= 15 is 0 Å². The first kappa shape index (κ1) is 17.6. The Morgan fingerprint density at radius 1 is 0.964 bits per heavy atom. The van der Waals surface area contributed by atoms with Gasteiger partial charge in [-0.15, -0.1) is 0 Å². The standard InChI is InChI=1S/C25H27NO2/c27-22-6-3-7-23-21(22)10-11-24(28-23)25(12-14-26-15-13-25)17-18-8-9-19-4-1-2-5-20(19)16-18/h1-9,16,24,26-27H,10-15,17H2. The summed E-state index contributed by atoms with van der Waals surface area (Å²) in [6.07, 6.45) is 5.34. The summed E-state index contributed by atoms with van der Waals surface area (Å²) < 4.78 is 6.53. The molecule has 0 aromatic heterocycles. The van der Waals surface area contributed by atoms with Gasteiger partial charge in [0.1, 0.15) is 17.6 Å². The molecule has 2 aliphatic rings. The molecule has 1 fully saturated rings. The summed E-state index contributed by atoms with van der Waals surface area (Å²) in [5, 5.41) is 16.3. The average Bonchev–Trinajstić information content (AvgIpc) is 2.74. The van der Waals surface area contributed by atoms with Crippen molar-refractivity contribution in [1.29, 1.82) is 0 Å². The molecule has 1 atom stereocenters. The van der Waals surface area contributed by atoms with E-state index in [1.54, 1.807) is 6.07 Å². The van der Waals surface area contributed by atoms with Crippen molar-refractivity contribution in [3.63, 3.8) is 0 Å². The van der Waals surface area contributed by atoms with Crippen LogP contribution in [0.4, 0.5) is 0 Å². The Hall–Kier alpha value is -2.52. The fourth-order valence-electron chi connectivity index (χ4n) is 5.13. The van der Waals surface area contributed by atoms with E-state index in [2.05, 4.69) is 47.8 Å². The van der Waals surface area contributed by atoms with Crippen LogP contribution in [-0.2, 0) is 12.8 Å². The predicted octanol–water partition coefficient (Wildman–Crippen LogP) is 4.85. The van der Waals surface area contributed by atoms with Crippen molar-refractivity contribution in [3.05, 3.63) is 71.8 Å². The molecule has 0 spiro atoms. The van der Waals surface area contributed by atoms with Crippen LogP contribution in [0.25, 0.3) is 10.8 Å². The zero-order valence-electron chi connectivity index (χ0n) is 16.2. The van der Waals surface area contributed by atoms with Crippen molar-refractivity contribution < 1.29 is 9.84 Å². The third-order valence-electron chi connectivity index (χ3n) is 6.69. The topological polar surface area (TPSA) is 41.5 Å². The fourth-order valence-corrected chi connectivity index (χ4v) is 5.13. The van der Waals surface area contributed by atoms with Crippen molar-refractivity contribution in [2.24, 2.45) is 5.41 Å². The predicted molar refractivity (Wildman–Crippen MR) is 113 cm³/mol. The first-order valence-corrected chi connectivity index (χ1v) is 10.4. The summed E-state index contributed by atoms with van der Waals surface area (Å²) in [5.41, 5.74) is 2.50. The maximum atomic E-state index is 10.2. The largest absolute Gasteiger partial charge is 0.508 e. The van der Waals surface area contributed by atoms with Gasteiger partial charge >= 0.3 is 0 Å². The van der Waals surface area contributed by atoms with E-state index in [4.69, 9.17) is 4.74 Å². The molecule has 1 unspecified atom stereocenters. The number of ether oxygens (including phenoxy) is 1. The molecular formula is C25H27NO2. The number of benzene rings is 3. The van der Waals surface area contributed by atoms with E-state index in [9.17, 15) is 5.11 Å². The number of nitrogens with one attached hydrogen (secondary N) is 1. The molecule has 144 valence electrons. The van der Waals surface area contributed by atoms with Crippen LogP contribution in [0.1, 0.15) is 30.4 Å². The van der Waals surface area contributed by atoms with Gasteiger partial charge in [0.05, 0.1) is 0 Å². The second-order valence-corrected chi connectivity index (χ2v) is 8.37. The van der Waals surface area contributed by atoms with E-state index in [1.807, 2.05) is 12.1 Å². The Morgan fingerprint density at radius 2 is 1.79 bits per heavy atom. The Morgan fingerprint density at radius 3 is 2.64 bits per heavy atom. The molecule has 0 aliphatic carbocycles. The molecule has 0 saturated carbocycles. The summed E-state index contributed by atoms with van der Waals surface area (Å²) in [7, 11) is 0. The molecule has 2 heterocycles. The minimum absolute atomic E-state index is 0.136. The minimum atomic E-state index is 0.136. The maximum Gasteiger partial charge on any atom is 0.126 e. The van der Waals surface area contributed by atoms with Crippen LogP contribution < -0.4 is 10.1 Å². The monoisotopic (exact) mass is 373 g/mol. The molecule has 5 rings (SSSR count). The SMILES string of the molecule is Oc1cccc2c1CCC(C1(Cc3ccc4ccccc4c3)CCNCC1)O2. The van der Waals surface area contributed by atoms with E-state index in [-0.39, 0.29) is 11.5 Å². The van der Waals surface area contributed by atoms with Gasteiger partial charge in [-0.3, -0.25) is 0 Å². The van der Waals surface area contributed by atoms with Gasteiger partial charge in [0.15, 0.2) is 0 Å². The highest BCUT2D eigenvalue weighted by molar-refractivity contribution is 5.83. The number of fused-ring (bicyclic) bond motifs is 2. The van der Waals surface area contributed by atoms with Gasteiger partial charge in [0.2, 0.25) is 0 Å². The summed E-state index contributed by atoms with van der Waals surface area (Å²) in [6.45, 7) is 2.08. The molecule has 0 amide bonds. The molecule has 3 aromatic carbocycles. The number of phenols is 1.